The normalized spacial score (nSPS) is 27.7. The average Bonchev–Trinajstić information content (AvgIpc) is 3.28. The minimum absolute atomic E-state index is 0.00634. The Labute approximate surface area is 157 Å². The van der Waals surface area contributed by atoms with E-state index in [1.54, 1.807) is 6.33 Å². The summed E-state index contributed by atoms with van der Waals surface area (Å²) in [6.07, 6.45) is 5.59. The molecule has 2 aromatic rings. The number of aromatic nitrogens is 3. The topological polar surface area (TPSA) is 63.1 Å². The minimum atomic E-state index is -0.203. The van der Waals surface area contributed by atoms with Crippen LogP contribution in [0.15, 0.2) is 30.6 Å². The first-order valence-corrected chi connectivity index (χ1v) is 9.78. The Hall–Kier alpha value is -2.28. The molecule has 2 aliphatic heterocycles. The van der Waals surface area contributed by atoms with Crippen molar-refractivity contribution in [1.29, 1.82) is 0 Å². The highest BCUT2D eigenvalue weighted by Crippen LogP contribution is 2.48. The second-order valence-corrected chi connectivity index (χ2v) is 8.26. The Morgan fingerprint density at radius 2 is 2.00 bits per heavy atom. The zero-order valence-electron chi connectivity index (χ0n) is 15.3. The lowest BCUT2D eigenvalue weighted by Gasteiger charge is -2.41. The molecule has 0 bridgehead atoms. The predicted octanol–water partition coefficient (Wildman–Crippen LogP) is 2.28. The molecule has 0 unspecified atom stereocenters. The fraction of sp³-hybridized carbons (Fsp3) is 0.550. The maximum Gasteiger partial charge on any atom is 0.223 e. The third-order valence-corrected chi connectivity index (χ3v) is 6.36. The molecule has 7 heteroatoms. The van der Waals surface area contributed by atoms with Gasteiger partial charge in [0.05, 0.1) is 6.04 Å². The van der Waals surface area contributed by atoms with Crippen LogP contribution in [0, 0.1) is 17.2 Å². The summed E-state index contributed by atoms with van der Waals surface area (Å²) in [5.41, 5.74) is 1.11. The van der Waals surface area contributed by atoms with E-state index in [0.29, 0.717) is 0 Å². The third kappa shape index (κ3) is 3.14. The SMILES string of the molecule is O=C(N[C@H]1c2ncnn2CC[C@@]12CCN(Cc1ccc(F)cc1)C2)C1CC1. The van der Waals surface area contributed by atoms with Crippen molar-refractivity contribution in [3.8, 4) is 0 Å². The van der Waals surface area contributed by atoms with Crippen molar-refractivity contribution >= 4 is 5.91 Å². The number of carbonyl (C=O) groups excluding carboxylic acids is 1. The van der Waals surface area contributed by atoms with Gasteiger partial charge in [-0.3, -0.25) is 9.69 Å². The number of nitrogens with one attached hydrogen (secondary N) is 1. The summed E-state index contributed by atoms with van der Waals surface area (Å²) in [6.45, 7) is 3.53. The second-order valence-electron chi connectivity index (χ2n) is 8.26. The molecule has 1 saturated heterocycles. The number of hydrogen-bond acceptors (Lipinski definition) is 4. The van der Waals surface area contributed by atoms with Crippen molar-refractivity contribution in [2.45, 2.75) is 44.8 Å². The summed E-state index contributed by atoms with van der Waals surface area (Å²) < 4.78 is 15.1. The first-order valence-electron chi connectivity index (χ1n) is 9.78. The van der Waals surface area contributed by atoms with Gasteiger partial charge in [-0.2, -0.15) is 5.10 Å². The summed E-state index contributed by atoms with van der Waals surface area (Å²) in [5, 5.41) is 7.64. The van der Waals surface area contributed by atoms with E-state index in [0.717, 1.165) is 63.3 Å². The number of likely N-dealkylation sites (tertiary alicyclic amines) is 1. The summed E-state index contributed by atoms with van der Waals surface area (Å²) in [6, 6.07) is 6.65. The monoisotopic (exact) mass is 369 g/mol. The molecule has 0 radical (unpaired) electrons. The second kappa shape index (κ2) is 6.41. The first-order chi connectivity index (χ1) is 13.1. The van der Waals surface area contributed by atoms with Gasteiger partial charge in [-0.05, 0) is 49.9 Å². The highest BCUT2D eigenvalue weighted by molar-refractivity contribution is 5.81. The van der Waals surface area contributed by atoms with Gasteiger partial charge in [-0.15, -0.1) is 0 Å². The zero-order chi connectivity index (χ0) is 18.4. The van der Waals surface area contributed by atoms with Gasteiger partial charge in [-0.1, -0.05) is 12.1 Å². The molecule has 1 N–H and O–H groups in total. The fourth-order valence-electron chi connectivity index (χ4n) is 4.65. The molecule has 1 amide bonds. The van der Waals surface area contributed by atoms with Gasteiger partial charge < -0.3 is 5.32 Å². The molecule has 2 atom stereocenters. The summed E-state index contributed by atoms with van der Waals surface area (Å²) in [7, 11) is 0. The standard InChI is InChI=1S/C20H24FN5O/c21-16-5-1-14(2-6-16)11-25-9-7-20(12-25)8-10-26-18(22-13-23-26)17(20)24-19(27)15-3-4-15/h1-2,5-6,13,15,17H,3-4,7-12H2,(H,24,27)/t17-,20+/m0/s1. The number of nitrogens with zero attached hydrogens (tertiary/aromatic N) is 4. The highest BCUT2D eigenvalue weighted by atomic mass is 19.1. The van der Waals surface area contributed by atoms with Crippen LogP contribution in [0.5, 0.6) is 0 Å². The van der Waals surface area contributed by atoms with E-state index in [1.165, 1.54) is 12.1 Å². The van der Waals surface area contributed by atoms with Crippen molar-refractivity contribution < 1.29 is 9.18 Å². The number of hydrogen-bond donors (Lipinski definition) is 1. The van der Waals surface area contributed by atoms with Gasteiger partial charge in [0, 0.05) is 31.0 Å². The summed E-state index contributed by atoms with van der Waals surface area (Å²) in [4.78, 5) is 19.4. The van der Waals surface area contributed by atoms with Crippen molar-refractivity contribution in [2.24, 2.45) is 11.3 Å². The van der Waals surface area contributed by atoms with E-state index in [2.05, 4.69) is 20.3 Å². The molecule has 1 aromatic carbocycles. The number of halogens is 1. The molecule has 1 saturated carbocycles. The van der Waals surface area contributed by atoms with Gasteiger partial charge >= 0.3 is 0 Å². The van der Waals surface area contributed by atoms with Crippen LogP contribution in [0.3, 0.4) is 0 Å². The lowest BCUT2D eigenvalue weighted by Crippen LogP contribution is -2.48. The summed E-state index contributed by atoms with van der Waals surface area (Å²) >= 11 is 0. The van der Waals surface area contributed by atoms with E-state index in [-0.39, 0.29) is 29.1 Å². The predicted molar refractivity (Wildman–Crippen MR) is 97.0 cm³/mol. The molecular formula is C20H24FN5O. The highest BCUT2D eigenvalue weighted by Gasteiger charge is 2.50. The van der Waals surface area contributed by atoms with E-state index < -0.39 is 0 Å². The minimum Gasteiger partial charge on any atom is -0.345 e. The first kappa shape index (κ1) is 16.9. The Morgan fingerprint density at radius 1 is 1.22 bits per heavy atom. The molecule has 2 fully saturated rings. The zero-order valence-corrected chi connectivity index (χ0v) is 15.3. The van der Waals surface area contributed by atoms with Crippen LogP contribution in [-0.2, 0) is 17.9 Å². The van der Waals surface area contributed by atoms with E-state index in [9.17, 15) is 9.18 Å². The Morgan fingerprint density at radius 3 is 2.78 bits per heavy atom. The molecule has 1 spiro atoms. The number of fused-ring (bicyclic) bond motifs is 1. The Balaban J connectivity index is 1.36. The summed E-state index contributed by atoms with van der Waals surface area (Å²) in [5.74, 6) is 1.02. The lowest BCUT2D eigenvalue weighted by atomic mass is 9.74. The number of rotatable bonds is 4. The number of benzene rings is 1. The molecular weight excluding hydrogens is 345 g/mol. The van der Waals surface area contributed by atoms with Gasteiger partial charge in [0.1, 0.15) is 18.0 Å². The van der Waals surface area contributed by atoms with E-state index >= 15 is 0 Å². The Bertz CT molecular complexity index is 846. The molecule has 5 rings (SSSR count). The van der Waals surface area contributed by atoms with Crippen LogP contribution >= 0.6 is 0 Å². The molecule has 142 valence electrons. The van der Waals surface area contributed by atoms with Gasteiger partial charge in [0.15, 0.2) is 0 Å². The molecule has 3 heterocycles. The van der Waals surface area contributed by atoms with Gasteiger partial charge in [-0.25, -0.2) is 14.1 Å². The van der Waals surface area contributed by atoms with Crippen molar-refractivity contribution in [3.63, 3.8) is 0 Å². The number of amides is 1. The van der Waals surface area contributed by atoms with Crippen LogP contribution < -0.4 is 5.32 Å². The van der Waals surface area contributed by atoms with Crippen molar-refractivity contribution in [3.05, 3.63) is 47.8 Å². The van der Waals surface area contributed by atoms with E-state index in [4.69, 9.17) is 0 Å². The molecule has 1 aromatic heterocycles. The molecule has 6 nitrogen and oxygen atoms in total. The molecule has 1 aliphatic carbocycles. The van der Waals surface area contributed by atoms with Crippen LogP contribution in [-0.4, -0.2) is 38.7 Å². The quantitative estimate of drug-likeness (QED) is 0.898. The van der Waals surface area contributed by atoms with E-state index in [1.807, 2.05) is 16.8 Å². The van der Waals surface area contributed by atoms with Crippen LogP contribution in [0.1, 0.15) is 43.1 Å². The lowest BCUT2D eigenvalue weighted by molar-refractivity contribution is -0.124. The van der Waals surface area contributed by atoms with Crippen LogP contribution in [0.25, 0.3) is 0 Å². The molecule has 27 heavy (non-hydrogen) atoms. The largest absolute Gasteiger partial charge is 0.345 e. The van der Waals surface area contributed by atoms with Gasteiger partial charge in [0.2, 0.25) is 5.91 Å². The average molecular weight is 369 g/mol. The maximum absolute atomic E-state index is 13.2. The van der Waals surface area contributed by atoms with Crippen molar-refractivity contribution in [1.82, 2.24) is 25.0 Å². The van der Waals surface area contributed by atoms with Crippen molar-refractivity contribution in [2.75, 3.05) is 13.1 Å². The number of carbonyl (C=O) groups is 1. The fourth-order valence-corrected chi connectivity index (χ4v) is 4.65. The number of aryl methyl sites for hydroxylation is 1. The van der Waals surface area contributed by atoms with Crippen LogP contribution in [0.4, 0.5) is 4.39 Å². The third-order valence-electron chi connectivity index (χ3n) is 6.36. The maximum atomic E-state index is 13.2. The Kier molecular flexibility index (Phi) is 4.00. The molecule has 3 aliphatic rings. The van der Waals surface area contributed by atoms with Gasteiger partial charge in [0.25, 0.3) is 0 Å². The smallest absolute Gasteiger partial charge is 0.223 e. The van der Waals surface area contributed by atoms with Crippen LogP contribution in [0.2, 0.25) is 0 Å².